The van der Waals surface area contributed by atoms with Crippen LogP contribution < -0.4 is 5.73 Å². The standard InChI is InChI=1S/C15H25N3O2S/c1-2-17(13-14-8-4-3-5-9-14)21(19,20)18-11-7-6-10-15(18)12-16/h3-5,8-9,15H,2,6-7,10-13,16H2,1H3. The van der Waals surface area contributed by atoms with Crippen LogP contribution in [-0.4, -0.2) is 42.7 Å². The first-order valence-electron chi connectivity index (χ1n) is 7.60. The van der Waals surface area contributed by atoms with Crippen LogP contribution in [0.15, 0.2) is 30.3 Å². The van der Waals surface area contributed by atoms with Crippen molar-refractivity contribution in [3.05, 3.63) is 35.9 Å². The molecule has 0 amide bonds. The van der Waals surface area contributed by atoms with Crippen LogP contribution in [0.25, 0.3) is 0 Å². The maximum Gasteiger partial charge on any atom is 0.282 e. The van der Waals surface area contributed by atoms with Gasteiger partial charge in [0.25, 0.3) is 10.2 Å². The molecule has 0 bridgehead atoms. The Morgan fingerprint density at radius 2 is 2.00 bits per heavy atom. The van der Waals surface area contributed by atoms with Crippen molar-refractivity contribution >= 4 is 10.2 Å². The number of nitrogens with zero attached hydrogens (tertiary/aromatic N) is 2. The molecule has 1 aromatic carbocycles. The zero-order valence-corrected chi connectivity index (χ0v) is 13.4. The van der Waals surface area contributed by atoms with Crippen LogP contribution >= 0.6 is 0 Å². The van der Waals surface area contributed by atoms with Crippen molar-refractivity contribution in [2.45, 2.75) is 38.8 Å². The summed E-state index contributed by atoms with van der Waals surface area (Å²) in [5, 5.41) is 0. The Kier molecular flexibility index (Phi) is 5.75. The van der Waals surface area contributed by atoms with Crippen molar-refractivity contribution < 1.29 is 8.42 Å². The van der Waals surface area contributed by atoms with Crippen LogP contribution in [0.5, 0.6) is 0 Å². The van der Waals surface area contributed by atoms with Gasteiger partial charge >= 0.3 is 0 Å². The van der Waals surface area contributed by atoms with E-state index in [0.29, 0.717) is 26.2 Å². The van der Waals surface area contributed by atoms with Gasteiger partial charge < -0.3 is 5.73 Å². The average Bonchev–Trinajstić information content (AvgIpc) is 2.53. The molecule has 1 saturated heterocycles. The van der Waals surface area contributed by atoms with Crippen molar-refractivity contribution in [3.63, 3.8) is 0 Å². The minimum atomic E-state index is -3.45. The normalized spacial score (nSPS) is 20.8. The Hall–Kier alpha value is -0.950. The second-order valence-corrected chi connectivity index (χ2v) is 7.30. The summed E-state index contributed by atoms with van der Waals surface area (Å²) in [5.41, 5.74) is 6.76. The Balaban J connectivity index is 2.18. The molecule has 2 rings (SSSR count). The van der Waals surface area contributed by atoms with Crippen LogP contribution in [-0.2, 0) is 16.8 Å². The molecule has 0 radical (unpaired) electrons. The Morgan fingerprint density at radius 3 is 2.62 bits per heavy atom. The number of hydrogen-bond acceptors (Lipinski definition) is 3. The van der Waals surface area contributed by atoms with Crippen LogP contribution in [0.1, 0.15) is 31.7 Å². The van der Waals surface area contributed by atoms with Crippen LogP contribution in [0.3, 0.4) is 0 Å². The second kappa shape index (κ2) is 7.35. The molecule has 0 spiro atoms. The van der Waals surface area contributed by atoms with Gasteiger partial charge in [-0.3, -0.25) is 0 Å². The Labute approximate surface area is 127 Å². The predicted octanol–water partition coefficient (Wildman–Crippen LogP) is 1.57. The highest BCUT2D eigenvalue weighted by Gasteiger charge is 2.35. The SMILES string of the molecule is CCN(Cc1ccccc1)S(=O)(=O)N1CCCCC1CN. The lowest BCUT2D eigenvalue weighted by Crippen LogP contribution is -2.52. The smallest absolute Gasteiger partial charge is 0.282 e. The van der Waals surface area contributed by atoms with Crippen LogP contribution in [0.2, 0.25) is 0 Å². The average molecular weight is 311 g/mol. The van der Waals surface area contributed by atoms with E-state index in [9.17, 15) is 8.42 Å². The minimum absolute atomic E-state index is 0.0615. The van der Waals surface area contributed by atoms with E-state index in [2.05, 4.69) is 0 Å². The fraction of sp³-hybridized carbons (Fsp3) is 0.600. The third kappa shape index (κ3) is 3.83. The quantitative estimate of drug-likeness (QED) is 0.867. The van der Waals surface area contributed by atoms with Crippen molar-refractivity contribution in [3.8, 4) is 0 Å². The first-order valence-corrected chi connectivity index (χ1v) is 9.00. The molecule has 2 N–H and O–H groups in total. The van der Waals surface area contributed by atoms with Crippen LogP contribution in [0.4, 0.5) is 0 Å². The lowest BCUT2D eigenvalue weighted by atomic mass is 10.1. The number of piperidine rings is 1. The zero-order chi connectivity index (χ0) is 15.3. The molecule has 0 saturated carbocycles. The molecule has 0 aromatic heterocycles. The summed E-state index contributed by atoms with van der Waals surface area (Å²) in [4.78, 5) is 0. The molecular formula is C15H25N3O2S. The summed E-state index contributed by atoms with van der Waals surface area (Å²) in [7, 11) is -3.45. The molecule has 5 nitrogen and oxygen atoms in total. The van der Waals surface area contributed by atoms with E-state index in [1.165, 1.54) is 4.31 Å². The van der Waals surface area contributed by atoms with Gasteiger partial charge in [0.2, 0.25) is 0 Å². The number of nitrogens with two attached hydrogens (primary N) is 1. The lowest BCUT2D eigenvalue weighted by Gasteiger charge is -2.37. The molecule has 1 aliphatic heterocycles. The zero-order valence-electron chi connectivity index (χ0n) is 12.6. The van der Waals surface area contributed by atoms with E-state index in [0.717, 1.165) is 24.8 Å². The number of hydrogen-bond donors (Lipinski definition) is 1. The first-order chi connectivity index (χ1) is 10.1. The van der Waals surface area contributed by atoms with E-state index in [1.807, 2.05) is 37.3 Å². The van der Waals surface area contributed by atoms with Crippen molar-refractivity contribution in [2.24, 2.45) is 5.73 Å². The summed E-state index contributed by atoms with van der Waals surface area (Å²) in [5.74, 6) is 0. The Bertz CT molecular complexity index is 533. The van der Waals surface area contributed by atoms with Crippen molar-refractivity contribution in [1.29, 1.82) is 0 Å². The largest absolute Gasteiger partial charge is 0.329 e. The van der Waals surface area contributed by atoms with E-state index in [-0.39, 0.29) is 6.04 Å². The molecule has 0 aliphatic carbocycles. The van der Waals surface area contributed by atoms with Crippen molar-refractivity contribution in [1.82, 2.24) is 8.61 Å². The lowest BCUT2D eigenvalue weighted by molar-refractivity contribution is 0.235. The van der Waals surface area contributed by atoms with E-state index in [1.54, 1.807) is 4.31 Å². The molecule has 1 aliphatic rings. The highest BCUT2D eigenvalue weighted by molar-refractivity contribution is 7.86. The number of rotatable bonds is 6. The van der Waals surface area contributed by atoms with E-state index >= 15 is 0 Å². The van der Waals surface area contributed by atoms with Gasteiger partial charge in [0.15, 0.2) is 0 Å². The Morgan fingerprint density at radius 1 is 1.29 bits per heavy atom. The molecule has 1 heterocycles. The van der Waals surface area contributed by atoms with Gasteiger partial charge in [-0.05, 0) is 18.4 Å². The molecule has 21 heavy (non-hydrogen) atoms. The summed E-state index contributed by atoms with van der Waals surface area (Å²) in [6.45, 7) is 3.72. The summed E-state index contributed by atoms with van der Waals surface area (Å²) < 4.78 is 28.9. The van der Waals surface area contributed by atoms with Gasteiger partial charge in [0.05, 0.1) is 0 Å². The molecule has 1 aromatic rings. The van der Waals surface area contributed by atoms with E-state index < -0.39 is 10.2 Å². The third-order valence-corrected chi connectivity index (χ3v) is 6.14. The maximum absolute atomic E-state index is 12.9. The third-order valence-electron chi connectivity index (χ3n) is 4.02. The van der Waals surface area contributed by atoms with Crippen molar-refractivity contribution in [2.75, 3.05) is 19.6 Å². The first kappa shape index (κ1) is 16.4. The van der Waals surface area contributed by atoms with Gasteiger partial charge in [-0.2, -0.15) is 17.0 Å². The topological polar surface area (TPSA) is 66.6 Å². The fourth-order valence-corrected chi connectivity index (χ4v) is 4.67. The monoisotopic (exact) mass is 311 g/mol. The highest BCUT2D eigenvalue weighted by Crippen LogP contribution is 2.23. The van der Waals surface area contributed by atoms with Gasteiger partial charge in [0.1, 0.15) is 0 Å². The summed E-state index contributed by atoms with van der Waals surface area (Å²) >= 11 is 0. The summed E-state index contributed by atoms with van der Waals surface area (Å²) in [6, 6.07) is 9.64. The molecule has 6 heteroatoms. The molecule has 1 fully saturated rings. The van der Waals surface area contributed by atoms with Gasteiger partial charge in [0, 0.05) is 32.2 Å². The number of benzene rings is 1. The molecule has 1 unspecified atom stereocenters. The fourth-order valence-electron chi connectivity index (χ4n) is 2.81. The van der Waals surface area contributed by atoms with E-state index in [4.69, 9.17) is 5.73 Å². The predicted molar refractivity (Wildman–Crippen MR) is 84.8 cm³/mol. The maximum atomic E-state index is 12.9. The molecule has 1 atom stereocenters. The van der Waals surface area contributed by atoms with Gasteiger partial charge in [-0.15, -0.1) is 0 Å². The minimum Gasteiger partial charge on any atom is -0.329 e. The summed E-state index contributed by atoms with van der Waals surface area (Å²) in [6.07, 6.45) is 2.83. The van der Waals surface area contributed by atoms with Gasteiger partial charge in [-0.25, -0.2) is 0 Å². The van der Waals surface area contributed by atoms with Crippen LogP contribution in [0, 0.1) is 0 Å². The highest BCUT2D eigenvalue weighted by atomic mass is 32.2. The molecular weight excluding hydrogens is 286 g/mol. The second-order valence-electron chi connectivity index (χ2n) is 5.42. The van der Waals surface area contributed by atoms with Gasteiger partial charge in [-0.1, -0.05) is 43.7 Å². The molecule has 118 valence electrons.